The number of thiophene rings is 1. The van der Waals surface area contributed by atoms with Crippen LogP contribution in [0.2, 0.25) is 0 Å². The molecule has 0 amide bonds. The summed E-state index contributed by atoms with van der Waals surface area (Å²) in [7, 11) is 0. The predicted molar refractivity (Wildman–Crippen MR) is 141 cm³/mol. The molecule has 6 heteroatoms. The third-order valence-corrected chi connectivity index (χ3v) is 8.87. The molecular formula is C31H20FNO3S. The second-order valence-corrected chi connectivity index (χ2v) is 10.6. The minimum Gasteiger partial charge on any atom is -0.352 e. The van der Waals surface area contributed by atoms with Gasteiger partial charge in [-0.25, -0.2) is 4.39 Å². The molecule has 4 aromatic rings. The number of fused-ring (bicyclic) bond motifs is 5. The second kappa shape index (κ2) is 7.92. The summed E-state index contributed by atoms with van der Waals surface area (Å²) in [5, 5.41) is 1.82. The van der Waals surface area contributed by atoms with Crippen molar-refractivity contribution >= 4 is 40.4 Å². The van der Waals surface area contributed by atoms with Gasteiger partial charge in [-0.2, -0.15) is 0 Å². The van der Waals surface area contributed by atoms with Gasteiger partial charge in [0.25, 0.3) is 0 Å². The van der Waals surface area contributed by atoms with Crippen molar-refractivity contribution in [3.05, 3.63) is 129 Å². The van der Waals surface area contributed by atoms with Crippen molar-refractivity contribution in [3.63, 3.8) is 0 Å². The first kappa shape index (κ1) is 22.1. The van der Waals surface area contributed by atoms with E-state index in [0.29, 0.717) is 16.0 Å². The second-order valence-electron chi connectivity index (χ2n) is 9.63. The maximum Gasteiger partial charge on any atom is 0.195 e. The number of carbonyl (C=O) groups excluding carboxylic acids is 3. The van der Waals surface area contributed by atoms with Crippen LogP contribution in [0.25, 0.3) is 6.08 Å². The Balaban J connectivity index is 1.58. The molecule has 1 saturated heterocycles. The number of hydrogen-bond acceptors (Lipinski definition) is 5. The molecule has 3 aliphatic rings. The maximum absolute atomic E-state index is 15.6. The van der Waals surface area contributed by atoms with Crippen molar-refractivity contribution in [3.8, 4) is 0 Å². The molecular weight excluding hydrogens is 485 g/mol. The number of halogens is 1. The SMILES string of the molecule is O=C(c1cccs1)[C@H]1[C@H](c2ccccc2F)C2(C(=O)c3ccccc3C2=O)[C@@H]2C=Cc3ccccc3N21. The number of carbonyl (C=O) groups is 3. The zero-order valence-electron chi connectivity index (χ0n) is 19.5. The van der Waals surface area contributed by atoms with Gasteiger partial charge in [0.1, 0.15) is 17.3 Å². The number of rotatable bonds is 3. The highest BCUT2D eigenvalue weighted by molar-refractivity contribution is 7.12. The highest BCUT2D eigenvalue weighted by Crippen LogP contribution is 2.61. The first-order valence-electron chi connectivity index (χ1n) is 12.1. The Morgan fingerprint density at radius 3 is 2.22 bits per heavy atom. The fourth-order valence-corrected chi connectivity index (χ4v) is 7.25. The van der Waals surface area contributed by atoms with E-state index in [4.69, 9.17) is 0 Å². The van der Waals surface area contributed by atoms with Gasteiger partial charge >= 0.3 is 0 Å². The molecule has 0 unspecified atom stereocenters. The number of hydrogen-bond donors (Lipinski definition) is 0. The lowest BCUT2D eigenvalue weighted by molar-refractivity contribution is 0.0664. The number of ketones is 3. The fraction of sp³-hybridized carbons (Fsp3) is 0.129. The van der Waals surface area contributed by atoms with Crippen molar-refractivity contribution in [1.29, 1.82) is 0 Å². The molecule has 3 atom stereocenters. The van der Waals surface area contributed by atoms with Gasteiger partial charge in [0, 0.05) is 22.7 Å². The van der Waals surface area contributed by atoms with Crippen molar-refractivity contribution in [2.45, 2.75) is 18.0 Å². The van der Waals surface area contributed by atoms with Crippen molar-refractivity contribution < 1.29 is 18.8 Å². The standard InChI is InChI=1S/C31H20FNO3S/c32-22-12-5-4-11-21(22)26-27(28(34)24-14-7-17-37-24)33-23-13-6-1-8-18(23)15-16-25(33)31(26)29(35)19-9-2-3-10-20(19)30(31)36/h1-17,25-27H/t25-,26-,27+/m0/s1. The molecule has 2 aliphatic heterocycles. The number of benzene rings is 3. The first-order valence-corrected chi connectivity index (χ1v) is 13.0. The molecule has 180 valence electrons. The molecule has 0 N–H and O–H groups in total. The highest BCUT2D eigenvalue weighted by atomic mass is 32.1. The van der Waals surface area contributed by atoms with Crippen LogP contribution in [0.1, 0.15) is 47.4 Å². The first-order chi connectivity index (χ1) is 18.0. The molecule has 0 radical (unpaired) electrons. The van der Waals surface area contributed by atoms with E-state index in [2.05, 4.69) is 0 Å². The van der Waals surface area contributed by atoms with Crippen molar-refractivity contribution in [2.75, 3.05) is 4.90 Å². The van der Waals surface area contributed by atoms with E-state index >= 15 is 4.39 Å². The summed E-state index contributed by atoms with van der Waals surface area (Å²) >= 11 is 1.30. The molecule has 7 rings (SSSR count). The summed E-state index contributed by atoms with van der Waals surface area (Å²) in [6.45, 7) is 0. The molecule has 37 heavy (non-hydrogen) atoms. The average Bonchev–Trinajstić information content (AvgIpc) is 3.62. The molecule has 0 saturated carbocycles. The van der Waals surface area contributed by atoms with Crippen LogP contribution in [0.4, 0.5) is 10.1 Å². The van der Waals surface area contributed by atoms with E-state index in [1.807, 2.05) is 46.7 Å². The van der Waals surface area contributed by atoms with Gasteiger partial charge in [-0.1, -0.05) is 78.9 Å². The summed E-state index contributed by atoms with van der Waals surface area (Å²) in [6.07, 6.45) is 3.75. The van der Waals surface area contributed by atoms with Gasteiger partial charge in [-0.3, -0.25) is 14.4 Å². The lowest BCUT2D eigenvalue weighted by atomic mass is 9.64. The van der Waals surface area contributed by atoms with Gasteiger partial charge in [0.05, 0.1) is 10.9 Å². The quantitative estimate of drug-likeness (QED) is 0.246. The minimum atomic E-state index is -1.69. The van der Waals surface area contributed by atoms with E-state index in [0.717, 1.165) is 11.3 Å². The summed E-state index contributed by atoms with van der Waals surface area (Å²) in [5.41, 5.74) is 0.790. The Labute approximate surface area is 216 Å². The molecule has 1 aliphatic carbocycles. The summed E-state index contributed by atoms with van der Waals surface area (Å²) in [6, 6.07) is 22.4. The van der Waals surface area contributed by atoms with E-state index in [-0.39, 0.29) is 22.9 Å². The third-order valence-electron chi connectivity index (χ3n) is 7.99. The van der Waals surface area contributed by atoms with Gasteiger partial charge in [-0.15, -0.1) is 11.3 Å². The molecule has 3 heterocycles. The van der Waals surface area contributed by atoms with Gasteiger partial charge in [0.2, 0.25) is 0 Å². The zero-order valence-corrected chi connectivity index (χ0v) is 20.3. The average molecular weight is 506 g/mol. The highest BCUT2D eigenvalue weighted by Gasteiger charge is 2.71. The van der Waals surface area contributed by atoms with Crippen LogP contribution in [-0.4, -0.2) is 29.4 Å². The third kappa shape index (κ3) is 2.79. The molecule has 1 fully saturated rings. The fourth-order valence-electron chi connectivity index (χ4n) is 6.55. The molecule has 4 nitrogen and oxygen atoms in total. The Morgan fingerprint density at radius 1 is 0.838 bits per heavy atom. The van der Waals surface area contributed by atoms with E-state index in [1.165, 1.54) is 17.4 Å². The van der Waals surface area contributed by atoms with Crippen LogP contribution in [0.5, 0.6) is 0 Å². The van der Waals surface area contributed by atoms with Crippen LogP contribution < -0.4 is 4.90 Å². The maximum atomic E-state index is 15.6. The van der Waals surface area contributed by atoms with Crippen LogP contribution in [0, 0.1) is 11.2 Å². The smallest absolute Gasteiger partial charge is 0.195 e. The van der Waals surface area contributed by atoms with E-state index in [1.54, 1.807) is 54.6 Å². The number of Topliss-reactive ketones (excluding diaryl/α,β-unsaturated/α-hetero) is 3. The molecule has 1 aromatic heterocycles. The van der Waals surface area contributed by atoms with Crippen molar-refractivity contribution in [2.24, 2.45) is 5.41 Å². The van der Waals surface area contributed by atoms with Gasteiger partial charge < -0.3 is 4.90 Å². The Bertz CT molecular complexity index is 1600. The molecule has 3 aromatic carbocycles. The Morgan fingerprint density at radius 2 is 1.51 bits per heavy atom. The van der Waals surface area contributed by atoms with Crippen LogP contribution in [0.3, 0.4) is 0 Å². The van der Waals surface area contributed by atoms with E-state index < -0.39 is 29.2 Å². The normalized spacial score (nSPS) is 22.7. The molecule has 0 bridgehead atoms. The van der Waals surface area contributed by atoms with E-state index in [9.17, 15) is 14.4 Å². The van der Waals surface area contributed by atoms with Crippen LogP contribution in [0.15, 0.2) is 96.4 Å². The Kier molecular flexibility index (Phi) is 4.72. The summed E-state index contributed by atoms with van der Waals surface area (Å²) in [4.78, 5) is 45.6. The lowest BCUT2D eigenvalue weighted by Gasteiger charge is -2.37. The van der Waals surface area contributed by atoms with Gasteiger partial charge in [0.15, 0.2) is 17.3 Å². The van der Waals surface area contributed by atoms with Crippen molar-refractivity contribution in [1.82, 2.24) is 0 Å². The monoisotopic (exact) mass is 505 g/mol. The number of para-hydroxylation sites is 1. The van der Waals surface area contributed by atoms with Gasteiger partial charge in [-0.05, 0) is 34.7 Å². The zero-order chi connectivity index (χ0) is 25.3. The summed E-state index contributed by atoms with van der Waals surface area (Å²) in [5.74, 6) is -2.52. The Hall–Kier alpha value is -4.16. The molecule has 1 spiro atoms. The topological polar surface area (TPSA) is 54.5 Å². The number of anilines is 1. The summed E-state index contributed by atoms with van der Waals surface area (Å²) < 4.78 is 15.6. The van der Waals surface area contributed by atoms with Crippen LogP contribution in [-0.2, 0) is 0 Å². The largest absolute Gasteiger partial charge is 0.352 e. The van der Waals surface area contributed by atoms with Crippen LogP contribution >= 0.6 is 11.3 Å². The number of nitrogens with zero attached hydrogens (tertiary/aromatic N) is 1. The lowest BCUT2D eigenvalue weighted by Crippen LogP contribution is -2.48. The predicted octanol–water partition coefficient (Wildman–Crippen LogP) is 6.20. The minimum absolute atomic E-state index is 0.201.